The van der Waals surface area contributed by atoms with Gasteiger partial charge in [0.05, 0.1) is 37.5 Å². The van der Waals surface area contributed by atoms with Gasteiger partial charge in [-0.25, -0.2) is 0 Å². The van der Waals surface area contributed by atoms with Gasteiger partial charge in [-0.15, -0.1) is 0 Å². The summed E-state index contributed by atoms with van der Waals surface area (Å²) in [5.74, 6) is 1.77. The maximum absolute atomic E-state index is 5.75. The minimum absolute atomic E-state index is 0.308. The third-order valence-electron chi connectivity index (χ3n) is 6.06. The summed E-state index contributed by atoms with van der Waals surface area (Å²) in [5.41, 5.74) is 2.76. The summed E-state index contributed by atoms with van der Waals surface area (Å²) in [4.78, 5) is 14.8. The van der Waals surface area contributed by atoms with Crippen molar-refractivity contribution in [2.45, 2.75) is 38.5 Å². The lowest BCUT2D eigenvalue weighted by atomic mass is 10.0. The van der Waals surface area contributed by atoms with Crippen LogP contribution in [-0.2, 0) is 4.74 Å². The SMILES string of the molecule is CCOc1nc(Nc2ccc([C@H](C)N3C[C@@H]4C[C@H]3CO4)cc2OC)nc2[nH]ccc12. The quantitative estimate of drug-likeness (QED) is 0.616. The molecular weight excluding hydrogens is 382 g/mol. The second kappa shape index (κ2) is 7.77. The highest BCUT2D eigenvalue weighted by molar-refractivity contribution is 5.82. The Balaban J connectivity index is 1.40. The molecule has 0 unspecified atom stereocenters. The number of hydrogen-bond donors (Lipinski definition) is 2. The zero-order chi connectivity index (χ0) is 20.7. The maximum Gasteiger partial charge on any atom is 0.232 e. The Hall–Kier alpha value is -2.84. The van der Waals surface area contributed by atoms with Crippen LogP contribution in [0.2, 0.25) is 0 Å². The van der Waals surface area contributed by atoms with Crippen LogP contribution in [0.5, 0.6) is 11.6 Å². The Morgan fingerprint density at radius 2 is 2.23 bits per heavy atom. The molecule has 8 nitrogen and oxygen atoms in total. The summed E-state index contributed by atoms with van der Waals surface area (Å²) in [6.07, 6.45) is 3.36. The summed E-state index contributed by atoms with van der Waals surface area (Å²) >= 11 is 0. The van der Waals surface area contributed by atoms with Crippen LogP contribution in [0.1, 0.15) is 31.9 Å². The number of nitrogens with zero attached hydrogens (tertiary/aromatic N) is 3. The van der Waals surface area contributed by atoms with Crippen molar-refractivity contribution in [3.05, 3.63) is 36.0 Å². The van der Waals surface area contributed by atoms with E-state index in [1.807, 2.05) is 25.3 Å². The molecule has 2 aromatic heterocycles. The third-order valence-corrected chi connectivity index (χ3v) is 6.06. The molecule has 2 aliphatic rings. The number of hydrogen-bond acceptors (Lipinski definition) is 7. The number of anilines is 2. The van der Waals surface area contributed by atoms with Crippen molar-refractivity contribution in [3.8, 4) is 11.6 Å². The lowest BCUT2D eigenvalue weighted by Crippen LogP contribution is -2.38. The summed E-state index contributed by atoms with van der Waals surface area (Å²) in [7, 11) is 1.68. The number of nitrogens with one attached hydrogen (secondary N) is 2. The molecule has 1 aromatic carbocycles. The standard InChI is InChI=1S/C22H27N5O3/c1-4-29-21-17-7-8-23-20(17)25-22(26-21)24-18-6-5-14(9-19(18)28-3)13(2)27-11-16-10-15(27)12-30-16/h5-9,13,15-16H,4,10-12H2,1-3H3,(H2,23,24,25,26)/t13-,15-,16-/m0/s1. The average Bonchev–Trinajstić information content (AvgIpc) is 3.50. The molecule has 8 heteroatoms. The van der Waals surface area contributed by atoms with Gasteiger partial charge in [0.1, 0.15) is 11.4 Å². The Kier molecular flexibility index (Phi) is 4.96. The number of H-pyrrole nitrogens is 1. The molecule has 30 heavy (non-hydrogen) atoms. The van der Waals surface area contributed by atoms with Gasteiger partial charge >= 0.3 is 0 Å². The van der Waals surface area contributed by atoms with Gasteiger partial charge in [0.2, 0.25) is 11.8 Å². The van der Waals surface area contributed by atoms with Gasteiger partial charge in [0.15, 0.2) is 0 Å². The molecule has 2 N–H and O–H groups in total. The van der Waals surface area contributed by atoms with Crippen molar-refractivity contribution < 1.29 is 14.2 Å². The van der Waals surface area contributed by atoms with E-state index in [1.54, 1.807) is 7.11 Å². The largest absolute Gasteiger partial charge is 0.495 e. The van der Waals surface area contributed by atoms with Gasteiger partial charge in [0.25, 0.3) is 0 Å². The minimum atomic E-state index is 0.308. The van der Waals surface area contributed by atoms with E-state index in [1.165, 1.54) is 5.56 Å². The predicted octanol–water partition coefficient (Wildman–Crippen LogP) is 3.64. The number of aromatic amines is 1. The van der Waals surface area contributed by atoms with Crippen molar-refractivity contribution >= 4 is 22.7 Å². The molecule has 5 rings (SSSR count). The zero-order valence-electron chi connectivity index (χ0n) is 17.5. The van der Waals surface area contributed by atoms with Gasteiger partial charge in [-0.2, -0.15) is 9.97 Å². The Morgan fingerprint density at radius 1 is 1.33 bits per heavy atom. The maximum atomic E-state index is 5.75. The number of rotatable bonds is 7. The van der Waals surface area contributed by atoms with Gasteiger partial charge < -0.3 is 24.5 Å². The molecular formula is C22H27N5O3. The molecule has 0 amide bonds. The molecule has 158 valence electrons. The van der Waals surface area contributed by atoms with E-state index < -0.39 is 0 Å². The van der Waals surface area contributed by atoms with Crippen molar-refractivity contribution in [1.82, 2.24) is 19.9 Å². The third kappa shape index (κ3) is 3.36. The molecule has 0 aliphatic carbocycles. The van der Waals surface area contributed by atoms with E-state index in [-0.39, 0.29) is 0 Å². The average molecular weight is 409 g/mol. The number of morpholine rings is 1. The van der Waals surface area contributed by atoms with E-state index >= 15 is 0 Å². The van der Waals surface area contributed by atoms with E-state index in [9.17, 15) is 0 Å². The Morgan fingerprint density at radius 3 is 2.97 bits per heavy atom. The Bertz CT molecular complexity index is 1050. The number of fused-ring (bicyclic) bond motifs is 3. The molecule has 4 heterocycles. The fourth-order valence-electron chi connectivity index (χ4n) is 4.50. The topological polar surface area (TPSA) is 84.5 Å². The first kappa shape index (κ1) is 19.1. The first-order chi connectivity index (χ1) is 14.7. The highest BCUT2D eigenvalue weighted by Crippen LogP contribution is 2.38. The fourth-order valence-corrected chi connectivity index (χ4v) is 4.50. The van der Waals surface area contributed by atoms with Gasteiger partial charge in [-0.3, -0.25) is 4.90 Å². The van der Waals surface area contributed by atoms with Crippen LogP contribution in [0, 0.1) is 0 Å². The molecule has 2 fully saturated rings. The molecule has 2 saturated heterocycles. The normalized spacial score (nSPS) is 21.8. The van der Waals surface area contributed by atoms with Crippen LogP contribution < -0.4 is 14.8 Å². The summed E-state index contributed by atoms with van der Waals surface area (Å²) in [6, 6.07) is 9.00. The summed E-state index contributed by atoms with van der Waals surface area (Å²) in [5, 5.41) is 4.15. The number of likely N-dealkylation sites (tertiary alicyclic amines) is 1. The summed E-state index contributed by atoms with van der Waals surface area (Å²) in [6.45, 7) is 6.56. The highest BCUT2D eigenvalue weighted by Gasteiger charge is 2.41. The predicted molar refractivity (Wildman–Crippen MR) is 115 cm³/mol. The lowest BCUT2D eigenvalue weighted by Gasteiger charge is -2.33. The first-order valence-electron chi connectivity index (χ1n) is 10.5. The van der Waals surface area contributed by atoms with Crippen molar-refractivity contribution in [2.75, 3.05) is 32.2 Å². The van der Waals surface area contributed by atoms with Crippen LogP contribution in [0.3, 0.4) is 0 Å². The number of benzene rings is 1. The van der Waals surface area contributed by atoms with Crippen molar-refractivity contribution in [3.63, 3.8) is 0 Å². The smallest absolute Gasteiger partial charge is 0.232 e. The lowest BCUT2D eigenvalue weighted by molar-refractivity contribution is 0.0142. The number of aromatic nitrogens is 3. The van der Waals surface area contributed by atoms with Gasteiger partial charge in [-0.1, -0.05) is 6.07 Å². The first-order valence-corrected chi connectivity index (χ1v) is 10.5. The van der Waals surface area contributed by atoms with Crippen LogP contribution in [0.25, 0.3) is 11.0 Å². The zero-order valence-corrected chi connectivity index (χ0v) is 17.5. The summed E-state index contributed by atoms with van der Waals surface area (Å²) < 4.78 is 17.1. The number of methoxy groups -OCH3 is 1. The molecule has 3 atom stereocenters. The van der Waals surface area contributed by atoms with E-state index in [0.717, 1.165) is 42.0 Å². The molecule has 0 saturated carbocycles. The second-order valence-corrected chi connectivity index (χ2v) is 7.83. The van der Waals surface area contributed by atoms with Gasteiger partial charge in [-0.05, 0) is 44.0 Å². The van der Waals surface area contributed by atoms with E-state index in [2.05, 4.69) is 44.2 Å². The molecule has 0 spiro atoms. The van der Waals surface area contributed by atoms with Crippen molar-refractivity contribution in [1.29, 1.82) is 0 Å². The molecule has 3 aromatic rings. The molecule has 2 aliphatic heterocycles. The van der Waals surface area contributed by atoms with Crippen LogP contribution >= 0.6 is 0 Å². The van der Waals surface area contributed by atoms with E-state index in [4.69, 9.17) is 14.2 Å². The monoisotopic (exact) mass is 409 g/mol. The van der Waals surface area contributed by atoms with Gasteiger partial charge in [0, 0.05) is 24.8 Å². The highest BCUT2D eigenvalue weighted by atomic mass is 16.5. The fraction of sp³-hybridized carbons (Fsp3) is 0.455. The second-order valence-electron chi connectivity index (χ2n) is 7.83. The van der Waals surface area contributed by atoms with Crippen LogP contribution in [-0.4, -0.2) is 58.9 Å². The van der Waals surface area contributed by atoms with Crippen LogP contribution in [0.4, 0.5) is 11.6 Å². The number of ether oxygens (including phenoxy) is 3. The van der Waals surface area contributed by atoms with Crippen molar-refractivity contribution in [2.24, 2.45) is 0 Å². The minimum Gasteiger partial charge on any atom is -0.495 e. The van der Waals surface area contributed by atoms with Crippen LogP contribution in [0.15, 0.2) is 30.5 Å². The molecule has 0 radical (unpaired) electrons. The van der Waals surface area contributed by atoms with E-state index in [0.29, 0.717) is 36.6 Å². The Labute approximate surface area is 175 Å². The molecule has 2 bridgehead atoms.